The van der Waals surface area contributed by atoms with Crippen LogP contribution < -0.4 is 0 Å². The molecule has 3 aliphatic carbocycles. The average molecular weight is 332 g/mol. The van der Waals surface area contributed by atoms with Crippen LogP contribution in [0, 0.1) is 23.7 Å². The first-order valence-corrected chi connectivity index (χ1v) is 10.4. The quantitative estimate of drug-likeness (QED) is 0.746. The van der Waals surface area contributed by atoms with E-state index in [1.807, 2.05) is 0 Å². The molecule has 1 heterocycles. The van der Waals surface area contributed by atoms with Gasteiger partial charge in [0, 0.05) is 5.92 Å². The van der Waals surface area contributed by atoms with Gasteiger partial charge in [0.05, 0.1) is 5.92 Å². The number of allylic oxidation sites excluding steroid dienone is 2. The van der Waals surface area contributed by atoms with E-state index in [9.17, 15) is 9.90 Å². The van der Waals surface area contributed by atoms with Crippen molar-refractivity contribution < 1.29 is 14.6 Å². The van der Waals surface area contributed by atoms with Gasteiger partial charge in [-0.2, -0.15) is 0 Å². The lowest BCUT2D eigenvalue weighted by molar-refractivity contribution is -0.133. The van der Waals surface area contributed by atoms with Gasteiger partial charge < -0.3 is 9.84 Å². The van der Waals surface area contributed by atoms with Crippen LogP contribution in [-0.4, -0.2) is 17.0 Å². The van der Waals surface area contributed by atoms with Crippen molar-refractivity contribution in [1.82, 2.24) is 0 Å². The largest absolute Gasteiger partial charge is 0.502 e. The fourth-order valence-corrected chi connectivity index (χ4v) is 5.80. The zero-order valence-corrected chi connectivity index (χ0v) is 14.8. The molecule has 0 saturated heterocycles. The van der Waals surface area contributed by atoms with E-state index < -0.39 is 0 Å². The molecule has 3 heteroatoms. The molecule has 2 atom stereocenters. The molecule has 4 rings (SSSR count). The Morgan fingerprint density at radius 2 is 1.38 bits per heavy atom. The van der Waals surface area contributed by atoms with Crippen LogP contribution in [0.2, 0.25) is 0 Å². The number of carbonyl (C=O) groups excluding carboxylic acids is 1. The summed E-state index contributed by atoms with van der Waals surface area (Å²) < 4.78 is 6.20. The normalized spacial score (nSPS) is 38.6. The molecule has 0 bridgehead atoms. The zero-order chi connectivity index (χ0) is 16.5. The third-order valence-corrected chi connectivity index (χ3v) is 7.24. The summed E-state index contributed by atoms with van der Waals surface area (Å²) >= 11 is 0. The maximum atomic E-state index is 12.5. The van der Waals surface area contributed by atoms with Crippen LogP contribution in [0.3, 0.4) is 0 Å². The van der Waals surface area contributed by atoms with E-state index >= 15 is 0 Å². The lowest BCUT2D eigenvalue weighted by atomic mass is 9.70. The molecule has 0 radical (unpaired) electrons. The number of ketones is 1. The predicted octanol–water partition coefficient (Wildman–Crippen LogP) is 5.30. The molecule has 1 aliphatic heterocycles. The monoisotopic (exact) mass is 332 g/mol. The molecule has 0 spiro atoms. The summed E-state index contributed by atoms with van der Waals surface area (Å²) in [5.74, 6) is 2.59. The molecule has 0 amide bonds. The Balaban J connectivity index is 1.41. The lowest BCUT2D eigenvalue weighted by Crippen LogP contribution is -2.40. The van der Waals surface area contributed by atoms with Gasteiger partial charge in [-0.1, -0.05) is 38.5 Å². The highest BCUT2D eigenvalue weighted by Gasteiger charge is 2.43. The first-order chi connectivity index (χ1) is 11.7. The van der Waals surface area contributed by atoms with Crippen molar-refractivity contribution in [2.75, 3.05) is 0 Å². The Morgan fingerprint density at radius 3 is 2.12 bits per heavy atom. The summed E-state index contributed by atoms with van der Waals surface area (Å²) in [6.07, 6.45) is 15.9. The van der Waals surface area contributed by atoms with Crippen LogP contribution in [0.15, 0.2) is 11.5 Å². The first-order valence-electron chi connectivity index (χ1n) is 10.4. The fourth-order valence-electron chi connectivity index (χ4n) is 5.80. The van der Waals surface area contributed by atoms with Gasteiger partial charge in [0.1, 0.15) is 11.9 Å². The van der Waals surface area contributed by atoms with Gasteiger partial charge in [-0.15, -0.1) is 0 Å². The third-order valence-electron chi connectivity index (χ3n) is 7.24. The minimum atomic E-state index is -0.0823. The number of Topliss-reactive ketones (excluding diaryl/α,β-unsaturated/α-hetero) is 1. The summed E-state index contributed by atoms with van der Waals surface area (Å²) in [6, 6.07) is 0. The van der Waals surface area contributed by atoms with Gasteiger partial charge in [-0.25, -0.2) is 0 Å². The number of fused-ring (bicyclic) bond motifs is 1. The summed E-state index contributed by atoms with van der Waals surface area (Å²) in [7, 11) is 0. The third kappa shape index (κ3) is 3.11. The molecule has 134 valence electrons. The van der Waals surface area contributed by atoms with Crippen LogP contribution in [0.25, 0.3) is 0 Å². The second kappa shape index (κ2) is 7.09. The Bertz CT molecular complexity index is 495. The van der Waals surface area contributed by atoms with Crippen LogP contribution in [0.5, 0.6) is 0 Å². The first kappa shape index (κ1) is 16.5. The van der Waals surface area contributed by atoms with Crippen LogP contribution in [0.1, 0.15) is 83.5 Å². The number of hydrogen-bond donors (Lipinski definition) is 1. The van der Waals surface area contributed by atoms with E-state index in [-0.39, 0.29) is 29.5 Å². The van der Waals surface area contributed by atoms with Crippen LogP contribution in [0.4, 0.5) is 0 Å². The number of ether oxygens (including phenoxy) is 1. The summed E-state index contributed by atoms with van der Waals surface area (Å²) in [4.78, 5) is 12.5. The van der Waals surface area contributed by atoms with Crippen molar-refractivity contribution in [2.45, 2.75) is 89.6 Å². The lowest BCUT2D eigenvalue weighted by Gasteiger charge is -2.40. The molecule has 3 nitrogen and oxygen atoms in total. The highest BCUT2D eigenvalue weighted by Crippen LogP contribution is 2.45. The molecule has 0 aromatic carbocycles. The van der Waals surface area contributed by atoms with E-state index in [4.69, 9.17) is 4.74 Å². The van der Waals surface area contributed by atoms with Gasteiger partial charge in [-0.3, -0.25) is 4.79 Å². The maximum Gasteiger partial charge on any atom is 0.207 e. The van der Waals surface area contributed by atoms with Crippen molar-refractivity contribution in [3.05, 3.63) is 11.5 Å². The van der Waals surface area contributed by atoms with Gasteiger partial charge in [0.15, 0.2) is 5.76 Å². The van der Waals surface area contributed by atoms with E-state index in [1.54, 1.807) is 0 Å². The fraction of sp³-hybridized carbons (Fsp3) is 0.857. The highest BCUT2D eigenvalue weighted by atomic mass is 16.5. The molecule has 0 aromatic heterocycles. The number of hydrogen-bond acceptors (Lipinski definition) is 3. The molecular formula is C21H32O3. The van der Waals surface area contributed by atoms with E-state index in [0.717, 1.165) is 50.4 Å². The van der Waals surface area contributed by atoms with Crippen LogP contribution in [-0.2, 0) is 9.53 Å². The Morgan fingerprint density at radius 1 is 0.750 bits per heavy atom. The summed E-state index contributed by atoms with van der Waals surface area (Å²) in [5.41, 5.74) is 0. The Hall–Kier alpha value is -0.990. The highest BCUT2D eigenvalue weighted by molar-refractivity contribution is 5.96. The summed E-state index contributed by atoms with van der Waals surface area (Å²) in [5, 5.41) is 10.4. The molecule has 3 fully saturated rings. The molecule has 3 saturated carbocycles. The second-order valence-electron chi connectivity index (χ2n) is 8.63. The number of aliphatic hydroxyl groups excluding tert-OH is 1. The SMILES string of the molecule is O=C1C(O)=C(C2CCC(C3CCCCC3)CC2)OC2CCCCC12. The number of aliphatic hydroxyl groups is 1. The Kier molecular flexibility index (Phi) is 4.87. The molecular weight excluding hydrogens is 300 g/mol. The van der Waals surface area contributed by atoms with Crippen molar-refractivity contribution in [3.63, 3.8) is 0 Å². The average Bonchev–Trinajstić information content (AvgIpc) is 2.66. The minimum absolute atomic E-state index is 0.0285. The summed E-state index contributed by atoms with van der Waals surface area (Å²) in [6.45, 7) is 0. The van der Waals surface area contributed by atoms with Crippen molar-refractivity contribution >= 4 is 5.78 Å². The van der Waals surface area contributed by atoms with Crippen molar-refractivity contribution in [1.29, 1.82) is 0 Å². The van der Waals surface area contributed by atoms with E-state index in [1.165, 1.54) is 44.9 Å². The predicted molar refractivity (Wildman–Crippen MR) is 93.5 cm³/mol. The number of rotatable bonds is 2. The Labute approximate surface area is 145 Å². The van der Waals surface area contributed by atoms with Gasteiger partial charge in [0.2, 0.25) is 5.78 Å². The van der Waals surface area contributed by atoms with Gasteiger partial charge >= 0.3 is 0 Å². The zero-order valence-electron chi connectivity index (χ0n) is 14.8. The van der Waals surface area contributed by atoms with Crippen LogP contribution >= 0.6 is 0 Å². The van der Waals surface area contributed by atoms with Gasteiger partial charge in [-0.05, 0) is 56.8 Å². The van der Waals surface area contributed by atoms with Crippen molar-refractivity contribution in [3.8, 4) is 0 Å². The van der Waals surface area contributed by atoms with E-state index in [0.29, 0.717) is 5.76 Å². The molecule has 4 aliphatic rings. The standard InChI is InChI=1S/C21H32O3/c22-19-17-8-4-5-9-18(17)24-21(20(19)23)16-12-10-15(11-13-16)14-6-2-1-3-7-14/h14-18,23H,1-13H2. The molecule has 1 N–H and O–H groups in total. The molecule has 2 unspecified atom stereocenters. The smallest absolute Gasteiger partial charge is 0.207 e. The topological polar surface area (TPSA) is 46.5 Å². The molecule has 24 heavy (non-hydrogen) atoms. The van der Waals surface area contributed by atoms with E-state index in [2.05, 4.69) is 0 Å². The maximum absolute atomic E-state index is 12.5. The van der Waals surface area contributed by atoms with Crippen molar-refractivity contribution in [2.24, 2.45) is 23.7 Å². The van der Waals surface area contributed by atoms with Gasteiger partial charge in [0.25, 0.3) is 0 Å². The number of carbonyl (C=O) groups is 1. The second-order valence-corrected chi connectivity index (χ2v) is 8.63. The molecule has 0 aromatic rings. The minimum Gasteiger partial charge on any atom is -0.502 e.